The van der Waals surface area contributed by atoms with Crippen LogP contribution >= 0.6 is 11.6 Å². The molecule has 1 aliphatic rings. The maximum absolute atomic E-state index is 12.8. The topological polar surface area (TPSA) is 29.5 Å². The summed E-state index contributed by atoms with van der Waals surface area (Å²) in [6.07, 6.45) is 4.83. The summed E-state index contributed by atoms with van der Waals surface area (Å²) in [6.45, 7) is 12.1. The van der Waals surface area contributed by atoms with Gasteiger partial charge in [-0.05, 0) is 50.7 Å². The van der Waals surface area contributed by atoms with E-state index in [1.807, 2.05) is 39.0 Å². The van der Waals surface area contributed by atoms with Crippen molar-refractivity contribution >= 4 is 23.4 Å². The number of fused-ring (bicyclic) bond motifs is 1. The third-order valence-corrected chi connectivity index (χ3v) is 4.37. The van der Waals surface area contributed by atoms with Crippen molar-refractivity contribution in [3.05, 3.63) is 40.9 Å². The van der Waals surface area contributed by atoms with Gasteiger partial charge in [0.15, 0.2) is 0 Å². The molecule has 0 saturated heterocycles. The molecule has 132 valence electrons. The van der Waals surface area contributed by atoms with Crippen LogP contribution in [0.3, 0.4) is 0 Å². The van der Waals surface area contributed by atoms with Gasteiger partial charge in [0.2, 0.25) is 0 Å². The summed E-state index contributed by atoms with van der Waals surface area (Å²) in [5.41, 5.74) is 1.36. The van der Waals surface area contributed by atoms with Crippen LogP contribution < -0.4 is 4.90 Å². The smallest absolute Gasteiger partial charge is 0.415 e. The van der Waals surface area contributed by atoms with Crippen molar-refractivity contribution in [2.45, 2.75) is 59.6 Å². The van der Waals surface area contributed by atoms with Crippen molar-refractivity contribution < 1.29 is 9.53 Å². The Kier molecular flexibility index (Phi) is 5.64. The molecule has 0 unspecified atom stereocenters. The van der Waals surface area contributed by atoms with Gasteiger partial charge in [-0.25, -0.2) is 4.79 Å². The van der Waals surface area contributed by atoms with Crippen LogP contribution in [0.5, 0.6) is 0 Å². The Morgan fingerprint density at radius 2 is 1.96 bits per heavy atom. The van der Waals surface area contributed by atoms with E-state index in [4.69, 9.17) is 16.3 Å². The average molecular weight is 350 g/mol. The first-order valence-electron chi connectivity index (χ1n) is 8.58. The van der Waals surface area contributed by atoms with E-state index in [1.54, 1.807) is 4.90 Å². The Labute approximate surface area is 150 Å². The van der Waals surface area contributed by atoms with Crippen LogP contribution in [0.1, 0.15) is 47.1 Å². The van der Waals surface area contributed by atoms with Gasteiger partial charge in [-0.1, -0.05) is 56.7 Å². The molecule has 0 radical (unpaired) electrons. The predicted octanol–water partition coefficient (Wildman–Crippen LogP) is 5.85. The van der Waals surface area contributed by atoms with Gasteiger partial charge in [-0.3, -0.25) is 4.90 Å². The maximum atomic E-state index is 12.8. The van der Waals surface area contributed by atoms with Crippen molar-refractivity contribution in [1.29, 1.82) is 0 Å². The fourth-order valence-corrected chi connectivity index (χ4v) is 3.25. The van der Waals surface area contributed by atoms with Gasteiger partial charge >= 0.3 is 6.09 Å². The second-order valence-electron chi connectivity index (χ2n) is 7.86. The minimum Gasteiger partial charge on any atom is -0.443 e. The lowest BCUT2D eigenvalue weighted by Crippen LogP contribution is -2.44. The number of carbonyl (C=O) groups excluding carboxylic acids is 1. The molecule has 1 amide bonds. The zero-order valence-corrected chi connectivity index (χ0v) is 16.2. The Morgan fingerprint density at radius 1 is 1.29 bits per heavy atom. The maximum Gasteiger partial charge on any atom is 0.415 e. The number of benzene rings is 1. The summed E-state index contributed by atoms with van der Waals surface area (Å²) in [5.74, 6) is 0.693. The second kappa shape index (κ2) is 7.18. The number of ether oxygens (including phenoxy) is 1. The number of para-hydroxylation sites is 1. The first-order valence-corrected chi connectivity index (χ1v) is 8.96. The highest BCUT2D eigenvalue weighted by Crippen LogP contribution is 2.41. The summed E-state index contributed by atoms with van der Waals surface area (Å²) in [4.78, 5) is 14.6. The van der Waals surface area contributed by atoms with E-state index in [9.17, 15) is 4.79 Å². The number of anilines is 1. The van der Waals surface area contributed by atoms with Gasteiger partial charge in [-0.15, -0.1) is 0 Å². The van der Waals surface area contributed by atoms with Crippen LogP contribution in [0.15, 0.2) is 30.4 Å². The van der Waals surface area contributed by atoms with Crippen LogP contribution in [-0.2, 0) is 11.2 Å². The number of halogens is 1. The monoisotopic (exact) mass is 349 g/mol. The van der Waals surface area contributed by atoms with E-state index in [2.05, 4.69) is 32.9 Å². The summed E-state index contributed by atoms with van der Waals surface area (Å²) in [7, 11) is 0. The van der Waals surface area contributed by atoms with Crippen molar-refractivity contribution in [1.82, 2.24) is 0 Å². The van der Waals surface area contributed by atoms with Crippen molar-refractivity contribution in [2.75, 3.05) is 4.90 Å². The number of nitrogens with zero attached hydrogens (tertiary/aromatic N) is 1. The van der Waals surface area contributed by atoms with Crippen molar-refractivity contribution in [2.24, 2.45) is 11.8 Å². The molecule has 24 heavy (non-hydrogen) atoms. The van der Waals surface area contributed by atoms with Gasteiger partial charge in [0.1, 0.15) is 5.60 Å². The summed E-state index contributed by atoms with van der Waals surface area (Å²) in [6, 6.07) is 5.82. The molecule has 1 aromatic rings. The molecule has 4 heteroatoms. The standard InChI is InChI=1S/C20H28ClNO2/c1-13(2)10-11-14(3)17-12-15-8-7-9-16(21)18(15)22(17)19(23)24-20(4,5)6/h7-11,13-14,17H,12H2,1-6H3/b11-10+/t14-,17+/m0/s1. The Balaban J connectivity index is 2.37. The summed E-state index contributed by atoms with van der Waals surface area (Å²) >= 11 is 6.41. The molecule has 0 aliphatic carbocycles. The molecule has 0 aromatic heterocycles. The molecule has 0 N–H and O–H groups in total. The average Bonchev–Trinajstić information content (AvgIpc) is 2.84. The number of hydrogen-bond acceptors (Lipinski definition) is 2. The molecule has 1 heterocycles. The van der Waals surface area contributed by atoms with E-state index in [-0.39, 0.29) is 18.1 Å². The highest BCUT2D eigenvalue weighted by atomic mass is 35.5. The lowest BCUT2D eigenvalue weighted by Gasteiger charge is -2.31. The third kappa shape index (κ3) is 4.32. The SMILES string of the molecule is CC(C)/C=C/[C@H](C)[C@H]1Cc2cccc(Cl)c2N1C(=O)OC(C)(C)C. The van der Waals surface area contributed by atoms with E-state index >= 15 is 0 Å². The number of amides is 1. The van der Waals surface area contributed by atoms with Crippen LogP contribution in [0.4, 0.5) is 10.5 Å². The number of allylic oxidation sites excluding steroid dienone is 1. The van der Waals surface area contributed by atoms with Gasteiger partial charge in [-0.2, -0.15) is 0 Å². The number of hydrogen-bond donors (Lipinski definition) is 0. The van der Waals surface area contributed by atoms with Crippen LogP contribution in [-0.4, -0.2) is 17.7 Å². The number of carbonyl (C=O) groups is 1. The van der Waals surface area contributed by atoms with Crippen LogP contribution in [0.25, 0.3) is 0 Å². The molecule has 0 fully saturated rings. The van der Waals surface area contributed by atoms with Gasteiger partial charge < -0.3 is 4.74 Å². The van der Waals surface area contributed by atoms with Crippen LogP contribution in [0.2, 0.25) is 5.02 Å². The third-order valence-electron chi connectivity index (χ3n) is 4.07. The molecule has 2 atom stereocenters. The van der Waals surface area contributed by atoms with Crippen molar-refractivity contribution in [3.8, 4) is 0 Å². The Morgan fingerprint density at radius 3 is 2.54 bits per heavy atom. The molecule has 1 aliphatic heterocycles. The first-order chi connectivity index (χ1) is 11.1. The predicted molar refractivity (Wildman–Crippen MR) is 101 cm³/mol. The second-order valence-corrected chi connectivity index (χ2v) is 8.26. The zero-order chi connectivity index (χ0) is 18.1. The molecule has 0 spiro atoms. The summed E-state index contributed by atoms with van der Waals surface area (Å²) < 4.78 is 5.64. The minimum atomic E-state index is -0.539. The Bertz CT molecular complexity index is 631. The fraction of sp³-hybridized carbons (Fsp3) is 0.550. The summed E-state index contributed by atoms with van der Waals surface area (Å²) in [5, 5.41) is 0.598. The van der Waals surface area contributed by atoms with E-state index < -0.39 is 5.60 Å². The van der Waals surface area contributed by atoms with Gasteiger partial charge in [0.25, 0.3) is 0 Å². The molecule has 1 aromatic carbocycles. The lowest BCUT2D eigenvalue weighted by atomic mass is 9.96. The molecular weight excluding hydrogens is 322 g/mol. The minimum absolute atomic E-state index is 0.0183. The molecule has 0 bridgehead atoms. The lowest BCUT2D eigenvalue weighted by molar-refractivity contribution is 0.0564. The van der Waals surface area contributed by atoms with E-state index in [1.165, 1.54) is 0 Å². The largest absolute Gasteiger partial charge is 0.443 e. The molecule has 3 nitrogen and oxygen atoms in total. The van der Waals surface area contributed by atoms with Crippen LogP contribution in [0, 0.1) is 11.8 Å². The van der Waals surface area contributed by atoms with Gasteiger partial charge in [0.05, 0.1) is 16.8 Å². The quantitative estimate of drug-likeness (QED) is 0.640. The first kappa shape index (κ1) is 18.9. The van der Waals surface area contributed by atoms with E-state index in [0.29, 0.717) is 10.9 Å². The molecule has 2 rings (SSSR count). The molecular formula is C20H28ClNO2. The zero-order valence-electron chi connectivity index (χ0n) is 15.5. The molecule has 0 saturated carbocycles. The normalized spacial score (nSPS) is 19.0. The fourth-order valence-electron chi connectivity index (χ4n) is 2.96. The highest BCUT2D eigenvalue weighted by Gasteiger charge is 2.39. The van der Waals surface area contributed by atoms with E-state index in [0.717, 1.165) is 17.7 Å². The highest BCUT2D eigenvalue weighted by molar-refractivity contribution is 6.34. The number of rotatable bonds is 3. The van der Waals surface area contributed by atoms with Gasteiger partial charge in [0, 0.05) is 0 Å². The van der Waals surface area contributed by atoms with Crippen molar-refractivity contribution in [3.63, 3.8) is 0 Å². The Hall–Kier alpha value is -1.48.